The number of hydrogen-bond donors (Lipinski definition) is 3. The van der Waals surface area contributed by atoms with E-state index >= 15 is 0 Å². The molecule has 0 radical (unpaired) electrons. The smallest absolute Gasteiger partial charge is 0.167 e. The van der Waals surface area contributed by atoms with Crippen LogP contribution in [0.1, 0.15) is 17.3 Å². The van der Waals surface area contributed by atoms with Gasteiger partial charge in [-0.25, -0.2) is 9.67 Å². The van der Waals surface area contributed by atoms with Gasteiger partial charge in [0, 0.05) is 6.54 Å². The molecule has 142 valence electrons. The molecule has 0 saturated heterocycles. The average Bonchev–Trinajstić information content (AvgIpc) is 3.14. The summed E-state index contributed by atoms with van der Waals surface area (Å²) in [7, 11) is 1.91. The Morgan fingerprint density at radius 3 is 2.50 bits per heavy atom. The lowest BCUT2D eigenvalue weighted by molar-refractivity contribution is 0.202. The van der Waals surface area contributed by atoms with E-state index in [1.807, 2.05) is 61.7 Å². The van der Waals surface area contributed by atoms with Gasteiger partial charge in [0.15, 0.2) is 11.6 Å². The molecular weight excluding hydrogens is 352 g/mol. The molecule has 1 aromatic heterocycles. The third-order valence-corrected chi connectivity index (χ3v) is 4.73. The number of phenolic OH excluding ortho intramolecular Hbond substituents is 1. The van der Waals surface area contributed by atoms with Crippen LogP contribution < -0.4 is 5.32 Å². The molecule has 0 bridgehead atoms. The number of phenols is 1. The van der Waals surface area contributed by atoms with Gasteiger partial charge in [-0.3, -0.25) is 0 Å². The largest absolute Gasteiger partial charge is 0.507 e. The first-order valence-electron chi connectivity index (χ1n) is 9.19. The lowest BCUT2D eigenvalue weighted by Gasteiger charge is -2.15. The first kappa shape index (κ1) is 18.2. The minimum Gasteiger partial charge on any atom is -0.507 e. The van der Waals surface area contributed by atoms with E-state index in [1.54, 1.807) is 22.9 Å². The van der Waals surface area contributed by atoms with Gasteiger partial charge in [0.2, 0.25) is 0 Å². The zero-order valence-corrected chi connectivity index (χ0v) is 15.5. The van der Waals surface area contributed by atoms with Crippen molar-refractivity contribution in [2.45, 2.75) is 18.6 Å². The van der Waals surface area contributed by atoms with E-state index in [0.717, 1.165) is 17.8 Å². The molecule has 1 aliphatic carbocycles. The number of aromatic nitrogens is 3. The number of benzene rings is 2. The van der Waals surface area contributed by atoms with Crippen LogP contribution in [0.5, 0.6) is 5.75 Å². The first-order chi connectivity index (χ1) is 13.7. The molecule has 2 aromatic carbocycles. The summed E-state index contributed by atoms with van der Waals surface area (Å²) in [6.45, 7) is 0.778. The molecule has 6 heteroatoms. The molecule has 0 spiro atoms. The van der Waals surface area contributed by atoms with Crippen molar-refractivity contribution < 1.29 is 10.2 Å². The van der Waals surface area contributed by atoms with Crippen molar-refractivity contribution in [2.75, 3.05) is 7.05 Å². The molecule has 4 rings (SSSR count). The summed E-state index contributed by atoms with van der Waals surface area (Å²) in [6.07, 6.45) is 6.61. The predicted molar refractivity (Wildman–Crippen MR) is 108 cm³/mol. The summed E-state index contributed by atoms with van der Waals surface area (Å²) < 4.78 is 1.71. The zero-order valence-electron chi connectivity index (χ0n) is 15.5. The topological polar surface area (TPSA) is 83.2 Å². The summed E-state index contributed by atoms with van der Waals surface area (Å²) in [5.74, 6) is 0.837. The molecule has 3 aromatic rings. The van der Waals surface area contributed by atoms with Crippen molar-refractivity contribution in [3.05, 3.63) is 84.2 Å². The van der Waals surface area contributed by atoms with Crippen molar-refractivity contribution >= 4 is 0 Å². The second-order valence-corrected chi connectivity index (χ2v) is 6.71. The van der Waals surface area contributed by atoms with E-state index in [-0.39, 0.29) is 11.7 Å². The monoisotopic (exact) mass is 374 g/mol. The fraction of sp³-hybridized carbons (Fsp3) is 0.182. The van der Waals surface area contributed by atoms with Crippen LogP contribution in [0, 0.1) is 0 Å². The lowest BCUT2D eigenvalue weighted by Crippen LogP contribution is -2.17. The third kappa shape index (κ3) is 3.47. The average molecular weight is 374 g/mol. The Morgan fingerprint density at radius 2 is 1.79 bits per heavy atom. The van der Waals surface area contributed by atoms with Crippen LogP contribution in [0.3, 0.4) is 0 Å². The van der Waals surface area contributed by atoms with Crippen LogP contribution in [-0.4, -0.2) is 38.1 Å². The Bertz CT molecular complexity index is 1020. The van der Waals surface area contributed by atoms with Gasteiger partial charge in [-0.15, -0.1) is 5.10 Å². The number of hydrogen-bond acceptors (Lipinski definition) is 5. The maximum Gasteiger partial charge on any atom is 0.167 e. The van der Waals surface area contributed by atoms with Crippen LogP contribution in [0.25, 0.3) is 17.1 Å². The molecule has 0 saturated carbocycles. The second-order valence-electron chi connectivity index (χ2n) is 6.71. The summed E-state index contributed by atoms with van der Waals surface area (Å²) in [4.78, 5) is 4.68. The zero-order chi connectivity index (χ0) is 19.5. The van der Waals surface area contributed by atoms with Gasteiger partial charge in [0.25, 0.3) is 0 Å². The van der Waals surface area contributed by atoms with Crippen LogP contribution in [0.4, 0.5) is 0 Å². The maximum absolute atomic E-state index is 10.4. The van der Waals surface area contributed by atoms with Crippen LogP contribution in [0.2, 0.25) is 0 Å². The molecule has 0 aliphatic heterocycles. The fourth-order valence-corrected chi connectivity index (χ4v) is 3.28. The molecule has 3 N–H and O–H groups in total. The normalized spacial score (nSPS) is 18.5. The van der Waals surface area contributed by atoms with Gasteiger partial charge in [0.05, 0.1) is 23.3 Å². The number of aliphatic hydroxyl groups excluding tert-OH is 1. The molecular formula is C22H22N4O2. The van der Waals surface area contributed by atoms with Gasteiger partial charge in [0.1, 0.15) is 5.75 Å². The van der Waals surface area contributed by atoms with Crippen molar-refractivity contribution in [3.63, 3.8) is 0 Å². The first-order valence-corrected chi connectivity index (χ1v) is 9.19. The number of nitrogens with zero attached hydrogens (tertiary/aromatic N) is 3. The predicted octanol–water partition coefficient (Wildman–Crippen LogP) is 2.93. The highest BCUT2D eigenvalue weighted by Crippen LogP contribution is 2.32. The van der Waals surface area contributed by atoms with E-state index in [4.69, 9.17) is 0 Å². The van der Waals surface area contributed by atoms with E-state index in [0.29, 0.717) is 17.2 Å². The SMILES string of the molecule is CNCc1ccc(-n2nc(C3C=CC=CC3O)nc2-c2ccccc2O)cc1. The van der Waals surface area contributed by atoms with Crippen LogP contribution >= 0.6 is 0 Å². The van der Waals surface area contributed by atoms with Gasteiger partial charge in [-0.05, 0) is 36.9 Å². The van der Waals surface area contributed by atoms with Crippen LogP contribution in [0.15, 0.2) is 72.8 Å². The van der Waals surface area contributed by atoms with Crippen molar-refractivity contribution in [1.82, 2.24) is 20.1 Å². The number of aliphatic hydroxyl groups is 1. The number of aromatic hydroxyl groups is 1. The molecule has 0 amide bonds. The molecule has 2 unspecified atom stereocenters. The van der Waals surface area contributed by atoms with E-state index in [2.05, 4.69) is 15.4 Å². The highest BCUT2D eigenvalue weighted by atomic mass is 16.3. The molecule has 0 fully saturated rings. The molecule has 1 aliphatic rings. The Hall–Kier alpha value is -3.22. The molecule has 6 nitrogen and oxygen atoms in total. The summed E-state index contributed by atoms with van der Waals surface area (Å²) >= 11 is 0. The van der Waals surface area contributed by atoms with Crippen molar-refractivity contribution in [2.24, 2.45) is 0 Å². The Morgan fingerprint density at radius 1 is 1.04 bits per heavy atom. The minimum atomic E-state index is -0.684. The Balaban J connectivity index is 1.82. The standard InChI is InChI=1S/C22H22N4O2/c1-23-14-15-10-12-16(13-11-15)26-22(18-7-3-5-9-20(18)28)24-21(25-26)17-6-2-4-8-19(17)27/h2-13,17,19,23,27-28H,14H2,1H3. The quantitative estimate of drug-likeness (QED) is 0.640. The van der Waals surface area contributed by atoms with E-state index < -0.39 is 6.10 Å². The summed E-state index contributed by atoms with van der Waals surface area (Å²) in [5, 5.41) is 28.5. The van der Waals surface area contributed by atoms with Gasteiger partial charge in [-0.2, -0.15) is 0 Å². The van der Waals surface area contributed by atoms with Gasteiger partial charge < -0.3 is 15.5 Å². The Kier molecular flexibility index (Phi) is 5.06. The van der Waals surface area contributed by atoms with Crippen LogP contribution in [-0.2, 0) is 6.54 Å². The third-order valence-electron chi connectivity index (χ3n) is 4.73. The van der Waals surface area contributed by atoms with Gasteiger partial charge >= 0.3 is 0 Å². The number of para-hydroxylation sites is 1. The number of nitrogens with one attached hydrogen (secondary N) is 1. The molecule has 2 atom stereocenters. The molecule has 28 heavy (non-hydrogen) atoms. The minimum absolute atomic E-state index is 0.133. The highest BCUT2D eigenvalue weighted by molar-refractivity contribution is 5.65. The fourth-order valence-electron chi connectivity index (χ4n) is 3.28. The van der Waals surface area contributed by atoms with Gasteiger partial charge in [-0.1, -0.05) is 48.6 Å². The Labute approximate surface area is 163 Å². The van der Waals surface area contributed by atoms with Crippen molar-refractivity contribution in [3.8, 4) is 22.8 Å². The maximum atomic E-state index is 10.4. The second kappa shape index (κ2) is 7.80. The summed E-state index contributed by atoms with van der Waals surface area (Å²) in [5.41, 5.74) is 2.58. The molecule has 1 heterocycles. The lowest BCUT2D eigenvalue weighted by atomic mass is 9.97. The van der Waals surface area contributed by atoms with E-state index in [1.165, 1.54) is 0 Å². The van der Waals surface area contributed by atoms with E-state index in [9.17, 15) is 10.2 Å². The number of rotatable bonds is 5. The highest BCUT2D eigenvalue weighted by Gasteiger charge is 2.25. The number of allylic oxidation sites excluding steroid dienone is 2. The van der Waals surface area contributed by atoms with Crippen molar-refractivity contribution in [1.29, 1.82) is 0 Å². The summed E-state index contributed by atoms with van der Waals surface area (Å²) in [6, 6.07) is 15.1.